The van der Waals surface area contributed by atoms with Crippen molar-refractivity contribution in [3.63, 3.8) is 0 Å². The Hall–Kier alpha value is -1.97. The van der Waals surface area contributed by atoms with Gasteiger partial charge in [-0.2, -0.15) is 0 Å². The molecule has 0 aliphatic heterocycles. The van der Waals surface area contributed by atoms with Crippen LogP contribution in [-0.2, 0) is 21.4 Å². The monoisotopic (exact) mass is 457 g/mol. The van der Waals surface area contributed by atoms with Crippen LogP contribution in [0.1, 0.15) is 28.8 Å². The average Bonchev–Trinajstić information content (AvgIpc) is 3.43. The third-order valence-corrected chi connectivity index (χ3v) is 6.16. The maximum Gasteiger partial charge on any atom is 0.339 e. The molecule has 1 saturated carbocycles. The standard InChI is InChI=1S/C18H17BrFNO5S/c1-25-17-7-2-11(8-16(17)20)10-26-18(22)14-9-13(5-6-15(14)19)27(23,24)21-12-3-4-12/h2,5-9,12,21H,3-4,10H2,1H3. The van der Waals surface area contributed by atoms with Crippen LogP contribution >= 0.6 is 15.9 Å². The highest BCUT2D eigenvalue weighted by Crippen LogP contribution is 2.26. The Morgan fingerprint density at radius 2 is 2.00 bits per heavy atom. The largest absolute Gasteiger partial charge is 0.494 e. The summed E-state index contributed by atoms with van der Waals surface area (Å²) in [6.07, 6.45) is 1.62. The van der Waals surface area contributed by atoms with E-state index in [2.05, 4.69) is 20.7 Å². The quantitative estimate of drug-likeness (QED) is 0.644. The second-order valence-corrected chi connectivity index (χ2v) is 8.65. The second kappa shape index (κ2) is 7.95. The van der Waals surface area contributed by atoms with Crippen LogP contribution in [0.5, 0.6) is 5.75 Å². The first kappa shape index (κ1) is 19.8. The lowest BCUT2D eigenvalue weighted by molar-refractivity contribution is 0.0471. The Morgan fingerprint density at radius 1 is 1.26 bits per heavy atom. The number of halogens is 2. The Balaban J connectivity index is 1.74. The summed E-state index contributed by atoms with van der Waals surface area (Å²) in [5, 5.41) is 0. The van der Waals surface area contributed by atoms with Gasteiger partial charge in [0, 0.05) is 10.5 Å². The maximum atomic E-state index is 13.7. The predicted octanol–water partition coefficient (Wildman–Crippen LogP) is 3.39. The molecule has 3 rings (SSSR count). The van der Waals surface area contributed by atoms with Gasteiger partial charge in [0.15, 0.2) is 11.6 Å². The number of methoxy groups -OCH3 is 1. The van der Waals surface area contributed by atoms with E-state index in [9.17, 15) is 17.6 Å². The van der Waals surface area contributed by atoms with Crippen molar-refractivity contribution in [3.8, 4) is 5.75 Å². The van der Waals surface area contributed by atoms with E-state index in [0.29, 0.717) is 10.0 Å². The smallest absolute Gasteiger partial charge is 0.339 e. The van der Waals surface area contributed by atoms with E-state index in [1.165, 1.54) is 37.4 Å². The maximum absolute atomic E-state index is 13.7. The minimum Gasteiger partial charge on any atom is -0.494 e. The molecule has 0 radical (unpaired) electrons. The van der Waals surface area contributed by atoms with Crippen LogP contribution in [0.2, 0.25) is 0 Å². The highest BCUT2D eigenvalue weighted by Gasteiger charge is 2.28. The molecule has 0 unspecified atom stereocenters. The predicted molar refractivity (Wildman–Crippen MR) is 99.6 cm³/mol. The third-order valence-electron chi connectivity index (χ3n) is 3.95. The number of carbonyl (C=O) groups excluding carboxylic acids is 1. The van der Waals surface area contributed by atoms with Crippen molar-refractivity contribution in [3.05, 3.63) is 57.8 Å². The summed E-state index contributed by atoms with van der Waals surface area (Å²) >= 11 is 3.23. The average molecular weight is 458 g/mol. The van der Waals surface area contributed by atoms with E-state index in [-0.39, 0.29) is 28.9 Å². The first-order valence-electron chi connectivity index (χ1n) is 8.11. The molecule has 0 aromatic heterocycles. The SMILES string of the molecule is COc1ccc(COC(=O)c2cc(S(=O)(=O)NC3CC3)ccc2Br)cc1F. The second-order valence-electron chi connectivity index (χ2n) is 6.08. The number of rotatable bonds is 7. The van der Waals surface area contributed by atoms with Gasteiger partial charge in [-0.05, 0) is 64.7 Å². The van der Waals surface area contributed by atoms with Crippen LogP contribution in [0.25, 0.3) is 0 Å². The summed E-state index contributed by atoms with van der Waals surface area (Å²) < 4.78 is 51.3. The number of esters is 1. The van der Waals surface area contributed by atoms with Gasteiger partial charge < -0.3 is 9.47 Å². The zero-order chi connectivity index (χ0) is 19.6. The lowest BCUT2D eigenvalue weighted by atomic mass is 10.2. The van der Waals surface area contributed by atoms with Gasteiger partial charge in [0.1, 0.15) is 6.61 Å². The zero-order valence-electron chi connectivity index (χ0n) is 14.4. The molecule has 0 heterocycles. The number of hydrogen-bond acceptors (Lipinski definition) is 5. The van der Waals surface area contributed by atoms with Gasteiger partial charge >= 0.3 is 5.97 Å². The lowest BCUT2D eigenvalue weighted by Crippen LogP contribution is -2.26. The van der Waals surface area contributed by atoms with Crippen LogP contribution < -0.4 is 9.46 Å². The van der Waals surface area contributed by atoms with Crippen LogP contribution in [0.4, 0.5) is 4.39 Å². The number of carbonyl (C=O) groups is 1. The molecular weight excluding hydrogens is 441 g/mol. The van der Waals surface area contributed by atoms with E-state index < -0.39 is 21.8 Å². The van der Waals surface area contributed by atoms with Gasteiger partial charge in [0.2, 0.25) is 10.0 Å². The Labute approximate surface area is 164 Å². The molecular formula is C18H17BrFNO5S. The molecule has 0 spiro atoms. The Bertz CT molecular complexity index is 976. The topological polar surface area (TPSA) is 81.7 Å². The van der Waals surface area contributed by atoms with Gasteiger partial charge in [-0.15, -0.1) is 0 Å². The summed E-state index contributed by atoms with van der Waals surface area (Å²) in [5.41, 5.74) is 0.514. The fraction of sp³-hybridized carbons (Fsp3) is 0.278. The van der Waals surface area contributed by atoms with Crippen LogP contribution in [-0.4, -0.2) is 27.5 Å². The van der Waals surface area contributed by atoms with Gasteiger partial charge in [0.25, 0.3) is 0 Å². The first-order chi connectivity index (χ1) is 12.8. The minimum atomic E-state index is -3.69. The Morgan fingerprint density at radius 3 is 2.63 bits per heavy atom. The normalized spacial score (nSPS) is 14.0. The third kappa shape index (κ3) is 4.85. The van der Waals surface area contributed by atoms with Gasteiger partial charge in [-0.25, -0.2) is 22.3 Å². The van der Waals surface area contributed by atoms with E-state index >= 15 is 0 Å². The van der Waals surface area contributed by atoms with E-state index in [1.807, 2.05) is 0 Å². The molecule has 0 atom stereocenters. The molecule has 1 N–H and O–H groups in total. The van der Waals surface area contributed by atoms with Crippen molar-refractivity contribution >= 4 is 31.9 Å². The lowest BCUT2D eigenvalue weighted by Gasteiger charge is -2.10. The number of benzene rings is 2. The molecule has 6 nitrogen and oxygen atoms in total. The highest BCUT2D eigenvalue weighted by molar-refractivity contribution is 9.10. The minimum absolute atomic E-state index is 0.0139. The van der Waals surface area contributed by atoms with Crippen molar-refractivity contribution in [2.45, 2.75) is 30.4 Å². The molecule has 0 amide bonds. The first-order valence-corrected chi connectivity index (χ1v) is 10.4. The number of nitrogens with one attached hydrogen (secondary N) is 1. The summed E-state index contributed by atoms with van der Waals surface area (Å²) in [7, 11) is -2.34. The fourth-order valence-corrected chi connectivity index (χ4v) is 4.08. The van der Waals surface area contributed by atoms with Crippen molar-refractivity contribution < 1.29 is 27.1 Å². The summed E-state index contributed by atoms with van der Waals surface area (Å²) in [6, 6.07) is 8.32. The van der Waals surface area contributed by atoms with E-state index in [4.69, 9.17) is 9.47 Å². The summed E-state index contributed by atoms with van der Waals surface area (Å²) in [6.45, 7) is -0.163. The van der Waals surface area contributed by atoms with Crippen molar-refractivity contribution in [1.29, 1.82) is 0 Å². The number of sulfonamides is 1. The fourth-order valence-electron chi connectivity index (χ4n) is 2.34. The molecule has 27 heavy (non-hydrogen) atoms. The van der Waals surface area contributed by atoms with Crippen LogP contribution in [0.3, 0.4) is 0 Å². The van der Waals surface area contributed by atoms with Crippen molar-refractivity contribution in [2.75, 3.05) is 7.11 Å². The number of ether oxygens (including phenoxy) is 2. The van der Waals surface area contributed by atoms with Gasteiger partial charge in [-0.3, -0.25) is 0 Å². The molecule has 1 aliphatic carbocycles. The molecule has 0 bridgehead atoms. The Kier molecular flexibility index (Phi) is 5.83. The van der Waals surface area contributed by atoms with Gasteiger partial charge in [-0.1, -0.05) is 6.07 Å². The van der Waals surface area contributed by atoms with Crippen molar-refractivity contribution in [1.82, 2.24) is 4.72 Å². The van der Waals surface area contributed by atoms with Crippen molar-refractivity contribution in [2.24, 2.45) is 0 Å². The molecule has 2 aromatic rings. The summed E-state index contributed by atoms with van der Waals surface area (Å²) in [5.74, 6) is -1.19. The van der Waals surface area contributed by atoms with Crippen LogP contribution in [0, 0.1) is 5.82 Å². The van der Waals surface area contributed by atoms with E-state index in [0.717, 1.165) is 12.8 Å². The molecule has 2 aromatic carbocycles. The van der Waals surface area contributed by atoms with Gasteiger partial charge in [0.05, 0.1) is 17.6 Å². The molecule has 0 saturated heterocycles. The van der Waals surface area contributed by atoms with Crippen LogP contribution in [0.15, 0.2) is 45.8 Å². The molecule has 144 valence electrons. The molecule has 9 heteroatoms. The zero-order valence-corrected chi connectivity index (χ0v) is 16.8. The number of hydrogen-bond donors (Lipinski definition) is 1. The highest BCUT2D eigenvalue weighted by atomic mass is 79.9. The molecule has 1 fully saturated rings. The van der Waals surface area contributed by atoms with E-state index in [1.54, 1.807) is 6.07 Å². The molecule has 1 aliphatic rings. The summed E-state index contributed by atoms with van der Waals surface area (Å²) in [4.78, 5) is 12.4.